The summed E-state index contributed by atoms with van der Waals surface area (Å²) in [7, 11) is 3.91. The summed E-state index contributed by atoms with van der Waals surface area (Å²) in [6.07, 6.45) is 4.60. The first-order chi connectivity index (χ1) is 8.72. The Bertz CT molecular complexity index is 392. The highest BCUT2D eigenvalue weighted by molar-refractivity contribution is 5.38. The highest BCUT2D eigenvalue weighted by atomic mass is 16.5. The summed E-state index contributed by atoms with van der Waals surface area (Å²) in [5.74, 6) is 0.381. The van der Waals surface area contributed by atoms with Crippen molar-refractivity contribution >= 4 is 0 Å². The van der Waals surface area contributed by atoms with Crippen LogP contribution in [0.1, 0.15) is 36.4 Å². The number of phenols is 1. The molecule has 0 aliphatic heterocycles. The Morgan fingerprint density at radius 3 is 3.06 bits per heavy atom. The largest absolute Gasteiger partial charge is 0.508 e. The summed E-state index contributed by atoms with van der Waals surface area (Å²) in [4.78, 5) is 2.39. The highest BCUT2D eigenvalue weighted by Gasteiger charge is 2.23. The van der Waals surface area contributed by atoms with Crippen molar-refractivity contribution < 1.29 is 9.84 Å². The van der Waals surface area contributed by atoms with E-state index in [4.69, 9.17) is 4.74 Å². The summed E-state index contributed by atoms with van der Waals surface area (Å²) in [6, 6.07) is 6.25. The minimum atomic E-state index is 0.381. The first-order valence-corrected chi connectivity index (χ1v) is 6.73. The molecule has 3 nitrogen and oxygen atoms in total. The summed E-state index contributed by atoms with van der Waals surface area (Å²) in [5, 5.41) is 9.66. The van der Waals surface area contributed by atoms with Crippen LogP contribution in [-0.2, 0) is 11.2 Å². The molecule has 1 atom stereocenters. The summed E-state index contributed by atoms with van der Waals surface area (Å²) in [6.45, 7) is 1.84. The first-order valence-electron chi connectivity index (χ1n) is 6.73. The Morgan fingerprint density at radius 2 is 2.28 bits per heavy atom. The number of rotatable bonds is 5. The fourth-order valence-corrected chi connectivity index (χ4v) is 2.83. The van der Waals surface area contributed by atoms with Gasteiger partial charge in [0.05, 0.1) is 0 Å². The summed E-state index contributed by atoms with van der Waals surface area (Å²) >= 11 is 0. The Labute approximate surface area is 109 Å². The highest BCUT2D eigenvalue weighted by Crippen LogP contribution is 2.35. The van der Waals surface area contributed by atoms with E-state index in [1.807, 2.05) is 6.07 Å². The molecule has 1 N–H and O–H groups in total. The van der Waals surface area contributed by atoms with Gasteiger partial charge in [-0.15, -0.1) is 0 Å². The quantitative estimate of drug-likeness (QED) is 0.814. The van der Waals surface area contributed by atoms with Crippen molar-refractivity contribution in [1.82, 2.24) is 4.90 Å². The van der Waals surface area contributed by atoms with Crippen LogP contribution in [0.15, 0.2) is 18.2 Å². The lowest BCUT2D eigenvalue weighted by molar-refractivity contribution is 0.159. The third-order valence-corrected chi connectivity index (χ3v) is 3.80. The maximum atomic E-state index is 9.66. The summed E-state index contributed by atoms with van der Waals surface area (Å²) < 4.78 is 5.10. The zero-order valence-corrected chi connectivity index (χ0v) is 11.4. The third kappa shape index (κ3) is 3.03. The van der Waals surface area contributed by atoms with Gasteiger partial charge in [-0.2, -0.15) is 0 Å². The van der Waals surface area contributed by atoms with Gasteiger partial charge < -0.3 is 9.84 Å². The maximum absolute atomic E-state index is 9.66. The van der Waals surface area contributed by atoms with Crippen LogP contribution < -0.4 is 0 Å². The molecule has 0 spiro atoms. The second kappa shape index (κ2) is 6.21. The molecule has 0 bridgehead atoms. The third-order valence-electron chi connectivity index (χ3n) is 3.80. The van der Waals surface area contributed by atoms with Gasteiger partial charge >= 0.3 is 0 Å². The molecule has 3 heteroatoms. The van der Waals surface area contributed by atoms with E-state index >= 15 is 0 Å². The minimum Gasteiger partial charge on any atom is -0.508 e. The van der Waals surface area contributed by atoms with Crippen molar-refractivity contribution in [2.75, 3.05) is 27.3 Å². The maximum Gasteiger partial charge on any atom is 0.115 e. The minimum absolute atomic E-state index is 0.381. The second-order valence-electron chi connectivity index (χ2n) is 5.12. The van der Waals surface area contributed by atoms with Crippen LogP contribution in [0.4, 0.5) is 0 Å². The SMILES string of the molecule is COCCCN(C)C1CCCc2ccc(O)cc21. The van der Waals surface area contributed by atoms with Crippen molar-refractivity contribution in [2.45, 2.75) is 31.7 Å². The average Bonchev–Trinajstić information content (AvgIpc) is 2.38. The molecule has 0 saturated carbocycles. The van der Waals surface area contributed by atoms with E-state index in [1.165, 1.54) is 24.0 Å². The number of aromatic hydroxyl groups is 1. The monoisotopic (exact) mass is 249 g/mol. The van der Waals surface area contributed by atoms with E-state index in [2.05, 4.69) is 18.0 Å². The fraction of sp³-hybridized carbons (Fsp3) is 0.600. The number of hydrogen-bond acceptors (Lipinski definition) is 3. The molecule has 0 amide bonds. The van der Waals surface area contributed by atoms with E-state index in [9.17, 15) is 5.11 Å². The van der Waals surface area contributed by atoms with Crippen LogP contribution in [0.3, 0.4) is 0 Å². The normalized spacial score (nSPS) is 18.9. The molecule has 0 fully saturated rings. The Kier molecular flexibility index (Phi) is 4.61. The molecule has 1 unspecified atom stereocenters. The molecule has 1 aliphatic rings. The Hall–Kier alpha value is -1.06. The number of methoxy groups -OCH3 is 1. The van der Waals surface area contributed by atoms with Crippen molar-refractivity contribution in [3.05, 3.63) is 29.3 Å². The topological polar surface area (TPSA) is 32.7 Å². The molecular weight excluding hydrogens is 226 g/mol. The van der Waals surface area contributed by atoms with E-state index < -0.39 is 0 Å². The van der Waals surface area contributed by atoms with Gasteiger partial charge in [-0.25, -0.2) is 0 Å². The smallest absolute Gasteiger partial charge is 0.115 e. The molecule has 0 radical (unpaired) electrons. The Balaban J connectivity index is 2.08. The van der Waals surface area contributed by atoms with Crippen molar-refractivity contribution in [3.63, 3.8) is 0 Å². The summed E-state index contributed by atoms with van der Waals surface area (Å²) in [5.41, 5.74) is 2.70. The van der Waals surface area contributed by atoms with E-state index in [0.29, 0.717) is 11.8 Å². The Morgan fingerprint density at radius 1 is 1.44 bits per heavy atom. The number of benzene rings is 1. The van der Waals surface area contributed by atoms with Gasteiger partial charge in [-0.05, 0) is 56.0 Å². The average molecular weight is 249 g/mol. The van der Waals surface area contributed by atoms with E-state index in [-0.39, 0.29) is 0 Å². The number of ether oxygens (including phenoxy) is 1. The first kappa shape index (κ1) is 13.4. The van der Waals surface area contributed by atoms with Gasteiger partial charge in [0.2, 0.25) is 0 Å². The lowest BCUT2D eigenvalue weighted by Gasteiger charge is -2.33. The fourth-order valence-electron chi connectivity index (χ4n) is 2.83. The molecule has 1 aliphatic carbocycles. The van der Waals surface area contributed by atoms with Gasteiger partial charge in [0.15, 0.2) is 0 Å². The molecule has 0 heterocycles. The molecule has 1 aromatic rings. The van der Waals surface area contributed by atoms with E-state index in [0.717, 1.165) is 26.0 Å². The van der Waals surface area contributed by atoms with Crippen LogP contribution in [0.25, 0.3) is 0 Å². The lowest BCUT2D eigenvalue weighted by atomic mass is 9.86. The predicted molar refractivity (Wildman–Crippen MR) is 72.9 cm³/mol. The molecule has 18 heavy (non-hydrogen) atoms. The molecule has 2 rings (SSSR count). The van der Waals surface area contributed by atoms with Crippen LogP contribution >= 0.6 is 0 Å². The van der Waals surface area contributed by atoms with Crippen LogP contribution in [0.5, 0.6) is 5.75 Å². The van der Waals surface area contributed by atoms with Crippen molar-refractivity contribution in [1.29, 1.82) is 0 Å². The van der Waals surface area contributed by atoms with Crippen molar-refractivity contribution in [3.8, 4) is 5.75 Å². The zero-order valence-electron chi connectivity index (χ0n) is 11.4. The predicted octanol–water partition coefficient (Wildman–Crippen LogP) is 2.74. The van der Waals surface area contributed by atoms with Crippen LogP contribution in [0.2, 0.25) is 0 Å². The molecule has 1 aromatic carbocycles. The van der Waals surface area contributed by atoms with Gasteiger partial charge in [0.1, 0.15) is 5.75 Å². The number of hydrogen-bond donors (Lipinski definition) is 1. The van der Waals surface area contributed by atoms with Crippen LogP contribution in [-0.4, -0.2) is 37.3 Å². The van der Waals surface area contributed by atoms with Gasteiger partial charge in [0.25, 0.3) is 0 Å². The molecule has 100 valence electrons. The standard InChI is InChI=1S/C15H23NO2/c1-16(9-4-10-18-2)15-6-3-5-12-7-8-13(17)11-14(12)15/h7-8,11,15,17H,3-6,9-10H2,1-2H3. The second-order valence-corrected chi connectivity index (χ2v) is 5.12. The van der Waals surface area contributed by atoms with Gasteiger partial charge in [-0.3, -0.25) is 4.90 Å². The van der Waals surface area contributed by atoms with Crippen molar-refractivity contribution in [2.24, 2.45) is 0 Å². The van der Waals surface area contributed by atoms with Gasteiger partial charge in [-0.1, -0.05) is 6.07 Å². The zero-order chi connectivity index (χ0) is 13.0. The lowest BCUT2D eigenvalue weighted by Crippen LogP contribution is -2.29. The molecule has 0 saturated heterocycles. The number of fused-ring (bicyclic) bond motifs is 1. The number of aryl methyl sites for hydroxylation is 1. The van der Waals surface area contributed by atoms with Gasteiger partial charge in [0, 0.05) is 26.3 Å². The molecular formula is C15H23NO2. The van der Waals surface area contributed by atoms with E-state index in [1.54, 1.807) is 13.2 Å². The number of nitrogens with zero attached hydrogens (tertiary/aromatic N) is 1. The molecule has 0 aromatic heterocycles. The van der Waals surface area contributed by atoms with Crippen LogP contribution in [0, 0.1) is 0 Å². The number of phenolic OH excluding ortho intramolecular Hbond substituents is 1.